The smallest absolute Gasteiger partial charge is 0.236 e. The molecular formula is C15H20N6OS. The maximum atomic E-state index is 12.6. The third-order valence-electron chi connectivity index (χ3n) is 3.92. The van der Waals surface area contributed by atoms with Crippen LogP contribution in [-0.4, -0.2) is 62.4 Å². The average Bonchev–Trinajstić information content (AvgIpc) is 3.00. The molecule has 0 spiro atoms. The Bertz CT molecular complexity index is 653. The molecule has 1 saturated heterocycles. The zero-order valence-electron chi connectivity index (χ0n) is 13.3. The molecule has 0 aliphatic carbocycles. The molecule has 2 heterocycles. The second-order valence-corrected chi connectivity index (χ2v) is 6.80. The van der Waals surface area contributed by atoms with Crippen LogP contribution < -0.4 is 4.90 Å². The average molecular weight is 332 g/mol. The first-order valence-electron chi connectivity index (χ1n) is 7.63. The minimum atomic E-state index is -0.192. The van der Waals surface area contributed by atoms with E-state index in [-0.39, 0.29) is 11.2 Å². The maximum Gasteiger partial charge on any atom is 0.236 e. The lowest BCUT2D eigenvalue weighted by Crippen LogP contribution is -2.50. The highest BCUT2D eigenvalue weighted by Crippen LogP contribution is 2.22. The van der Waals surface area contributed by atoms with Crippen molar-refractivity contribution in [3.8, 4) is 0 Å². The van der Waals surface area contributed by atoms with Crippen molar-refractivity contribution in [2.45, 2.75) is 17.3 Å². The highest BCUT2D eigenvalue weighted by Gasteiger charge is 2.26. The lowest BCUT2D eigenvalue weighted by Gasteiger charge is -2.37. The van der Waals surface area contributed by atoms with Crippen molar-refractivity contribution in [3.63, 3.8) is 0 Å². The van der Waals surface area contributed by atoms with Crippen LogP contribution in [0.3, 0.4) is 0 Å². The molecule has 1 aliphatic heterocycles. The molecule has 1 aliphatic rings. The minimum Gasteiger partial charge on any atom is -0.368 e. The summed E-state index contributed by atoms with van der Waals surface area (Å²) in [5.74, 6) is 0.144. The molecule has 0 bridgehead atoms. The van der Waals surface area contributed by atoms with Gasteiger partial charge in [-0.1, -0.05) is 30.0 Å². The first-order chi connectivity index (χ1) is 11.1. The Kier molecular flexibility index (Phi) is 4.80. The molecule has 1 aromatic heterocycles. The van der Waals surface area contributed by atoms with Gasteiger partial charge in [-0.3, -0.25) is 4.79 Å². The summed E-state index contributed by atoms with van der Waals surface area (Å²) >= 11 is 1.40. The Morgan fingerprint density at radius 2 is 1.87 bits per heavy atom. The first-order valence-corrected chi connectivity index (χ1v) is 8.51. The number of nitrogens with zero attached hydrogens (tertiary/aromatic N) is 6. The van der Waals surface area contributed by atoms with Crippen LogP contribution in [0.2, 0.25) is 0 Å². The van der Waals surface area contributed by atoms with Gasteiger partial charge in [-0.2, -0.15) is 0 Å². The van der Waals surface area contributed by atoms with Gasteiger partial charge in [0.15, 0.2) is 0 Å². The summed E-state index contributed by atoms with van der Waals surface area (Å²) in [4.78, 5) is 16.8. The highest BCUT2D eigenvalue weighted by atomic mass is 32.2. The molecule has 2 aromatic rings. The topological polar surface area (TPSA) is 67.2 Å². The Morgan fingerprint density at radius 1 is 1.17 bits per heavy atom. The number of anilines is 1. The van der Waals surface area contributed by atoms with Gasteiger partial charge in [0.1, 0.15) is 0 Å². The van der Waals surface area contributed by atoms with E-state index in [1.165, 1.54) is 17.4 Å². The van der Waals surface area contributed by atoms with Crippen LogP contribution in [0.15, 0.2) is 35.5 Å². The van der Waals surface area contributed by atoms with E-state index in [2.05, 4.69) is 32.6 Å². The fourth-order valence-electron chi connectivity index (χ4n) is 2.61. The van der Waals surface area contributed by atoms with Crippen LogP contribution in [0.25, 0.3) is 0 Å². The molecule has 1 aromatic carbocycles. The van der Waals surface area contributed by atoms with E-state index in [9.17, 15) is 4.79 Å². The Balaban J connectivity index is 1.55. The molecule has 1 atom stereocenters. The van der Waals surface area contributed by atoms with E-state index < -0.39 is 0 Å². The second-order valence-electron chi connectivity index (χ2n) is 5.49. The molecule has 122 valence electrons. The molecule has 7 nitrogen and oxygen atoms in total. The van der Waals surface area contributed by atoms with Crippen molar-refractivity contribution in [2.75, 3.05) is 31.1 Å². The van der Waals surface area contributed by atoms with Gasteiger partial charge >= 0.3 is 0 Å². The summed E-state index contributed by atoms with van der Waals surface area (Å²) in [6.45, 7) is 5.12. The molecule has 0 unspecified atom stereocenters. The molecule has 1 fully saturated rings. The summed E-state index contributed by atoms with van der Waals surface area (Å²) < 4.78 is 1.59. The van der Waals surface area contributed by atoms with Crippen LogP contribution in [-0.2, 0) is 11.8 Å². The van der Waals surface area contributed by atoms with E-state index in [1.807, 2.05) is 30.0 Å². The number of aromatic nitrogens is 4. The van der Waals surface area contributed by atoms with E-state index in [4.69, 9.17) is 0 Å². The normalized spacial score (nSPS) is 16.4. The van der Waals surface area contributed by atoms with Crippen LogP contribution >= 0.6 is 11.8 Å². The monoisotopic (exact) mass is 332 g/mol. The predicted octanol–water partition coefficient (Wildman–Crippen LogP) is 1.04. The number of para-hydroxylation sites is 1. The molecule has 1 amide bonds. The van der Waals surface area contributed by atoms with Crippen molar-refractivity contribution >= 4 is 23.4 Å². The van der Waals surface area contributed by atoms with Gasteiger partial charge in [-0.25, -0.2) is 4.68 Å². The second kappa shape index (κ2) is 6.99. The first kappa shape index (κ1) is 15.8. The molecule has 0 N–H and O–H groups in total. The standard InChI is InChI=1S/C15H20N6OS/c1-12(23-15-16-17-18-19(15)2)14(22)21-10-8-20(9-11-21)13-6-4-3-5-7-13/h3-7,12H,8-11H2,1-2H3/t12-/m1/s1. The van der Waals surface area contributed by atoms with Gasteiger partial charge in [0.2, 0.25) is 11.1 Å². The number of tetrazole rings is 1. The summed E-state index contributed by atoms with van der Waals surface area (Å²) in [7, 11) is 1.78. The van der Waals surface area contributed by atoms with Crippen molar-refractivity contribution in [3.05, 3.63) is 30.3 Å². The number of piperazine rings is 1. The largest absolute Gasteiger partial charge is 0.368 e. The highest BCUT2D eigenvalue weighted by molar-refractivity contribution is 8.00. The van der Waals surface area contributed by atoms with Gasteiger partial charge < -0.3 is 9.80 Å². The van der Waals surface area contributed by atoms with Crippen LogP contribution in [0.1, 0.15) is 6.92 Å². The number of thioether (sulfide) groups is 1. The van der Waals surface area contributed by atoms with Crippen molar-refractivity contribution < 1.29 is 4.79 Å². The van der Waals surface area contributed by atoms with Gasteiger partial charge in [0.05, 0.1) is 5.25 Å². The van der Waals surface area contributed by atoms with Crippen LogP contribution in [0.5, 0.6) is 0 Å². The molecule has 0 radical (unpaired) electrons. The quantitative estimate of drug-likeness (QED) is 0.780. The number of amides is 1. The summed E-state index contributed by atoms with van der Waals surface area (Å²) in [5, 5.41) is 11.8. The predicted molar refractivity (Wildman–Crippen MR) is 89.4 cm³/mol. The molecular weight excluding hydrogens is 312 g/mol. The summed E-state index contributed by atoms with van der Waals surface area (Å²) in [5.41, 5.74) is 1.21. The number of hydrogen-bond donors (Lipinski definition) is 0. The fourth-order valence-corrected chi connectivity index (χ4v) is 3.45. The molecule has 0 saturated carbocycles. The summed E-state index contributed by atoms with van der Waals surface area (Å²) in [6.07, 6.45) is 0. The van der Waals surface area contributed by atoms with Crippen LogP contribution in [0.4, 0.5) is 5.69 Å². The van der Waals surface area contributed by atoms with Gasteiger partial charge in [-0.05, 0) is 29.5 Å². The zero-order valence-corrected chi connectivity index (χ0v) is 14.1. The lowest BCUT2D eigenvalue weighted by atomic mass is 10.2. The lowest BCUT2D eigenvalue weighted by molar-refractivity contribution is -0.130. The van der Waals surface area contributed by atoms with E-state index in [1.54, 1.807) is 11.7 Å². The van der Waals surface area contributed by atoms with Crippen molar-refractivity contribution in [2.24, 2.45) is 7.05 Å². The van der Waals surface area contributed by atoms with E-state index >= 15 is 0 Å². The number of hydrogen-bond acceptors (Lipinski definition) is 6. The van der Waals surface area contributed by atoms with Crippen molar-refractivity contribution in [1.82, 2.24) is 25.1 Å². The number of aryl methyl sites for hydroxylation is 1. The Labute approximate surface area is 139 Å². The Hall–Kier alpha value is -2.09. The van der Waals surface area contributed by atoms with Gasteiger partial charge in [-0.15, -0.1) is 5.10 Å². The minimum absolute atomic E-state index is 0.144. The third kappa shape index (κ3) is 3.64. The van der Waals surface area contributed by atoms with E-state index in [0.717, 1.165) is 26.2 Å². The number of rotatable bonds is 4. The van der Waals surface area contributed by atoms with Gasteiger partial charge in [0, 0.05) is 38.9 Å². The number of carbonyl (C=O) groups excluding carboxylic acids is 1. The van der Waals surface area contributed by atoms with Crippen LogP contribution in [0, 0.1) is 0 Å². The maximum absolute atomic E-state index is 12.6. The molecule has 23 heavy (non-hydrogen) atoms. The number of carbonyl (C=O) groups is 1. The van der Waals surface area contributed by atoms with Gasteiger partial charge in [0.25, 0.3) is 0 Å². The third-order valence-corrected chi connectivity index (χ3v) is 5.04. The molecule has 8 heteroatoms. The molecule has 3 rings (SSSR count). The van der Waals surface area contributed by atoms with Crippen molar-refractivity contribution in [1.29, 1.82) is 0 Å². The Morgan fingerprint density at radius 3 is 2.48 bits per heavy atom. The fraction of sp³-hybridized carbons (Fsp3) is 0.467. The summed E-state index contributed by atoms with van der Waals surface area (Å²) in [6, 6.07) is 10.3. The zero-order chi connectivity index (χ0) is 16.2. The van der Waals surface area contributed by atoms with E-state index in [0.29, 0.717) is 5.16 Å². The SMILES string of the molecule is C[C@@H](Sc1nnnn1C)C(=O)N1CCN(c2ccccc2)CC1. The number of benzene rings is 1.